The fraction of sp³-hybridized carbons (Fsp3) is 0.375. The van der Waals surface area contributed by atoms with Crippen LogP contribution in [0.2, 0.25) is 0 Å². The quantitative estimate of drug-likeness (QED) is 0.636. The maximum atomic E-state index is 13.1. The van der Waals surface area contributed by atoms with E-state index in [1.54, 1.807) is 7.11 Å². The number of rotatable bonds is 4. The molecule has 0 unspecified atom stereocenters. The van der Waals surface area contributed by atoms with Crippen LogP contribution in [0.15, 0.2) is 42.5 Å². The average Bonchev–Trinajstić information content (AvgIpc) is 3.34. The van der Waals surface area contributed by atoms with Gasteiger partial charge in [-0.25, -0.2) is 0 Å². The fourth-order valence-corrected chi connectivity index (χ4v) is 3.81. The number of aromatic nitrogens is 1. The zero-order chi connectivity index (χ0) is 20.1. The van der Waals surface area contributed by atoms with E-state index < -0.39 is 5.41 Å². The van der Waals surface area contributed by atoms with E-state index in [9.17, 15) is 4.79 Å². The van der Waals surface area contributed by atoms with Crippen LogP contribution in [0.5, 0.6) is 5.75 Å². The number of benzene rings is 2. The minimum atomic E-state index is -0.416. The molecule has 4 nitrogen and oxygen atoms in total. The lowest BCUT2D eigenvalue weighted by molar-refractivity contribution is -0.118. The molecule has 4 heteroatoms. The normalized spacial score (nSPS) is 15.5. The summed E-state index contributed by atoms with van der Waals surface area (Å²) in [6.45, 7) is 8.58. The molecule has 1 aromatic heterocycles. The number of H-pyrrole nitrogens is 1. The summed E-state index contributed by atoms with van der Waals surface area (Å²) in [5.74, 6) is 0.926. The van der Waals surface area contributed by atoms with Crippen LogP contribution in [0.25, 0.3) is 10.9 Å². The van der Waals surface area contributed by atoms with Crippen molar-refractivity contribution in [1.29, 1.82) is 0 Å². The number of aromatic amines is 1. The van der Waals surface area contributed by atoms with Gasteiger partial charge in [0.2, 0.25) is 5.91 Å². The SMILES string of the molecule is COc1ccc(C2(C(=O)Nc3ccc4[nH]c(C(C)(C)C)cc4c3)CC2)cc1C. The highest BCUT2D eigenvalue weighted by Gasteiger charge is 2.51. The zero-order valence-corrected chi connectivity index (χ0v) is 17.3. The number of hydrogen-bond acceptors (Lipinski definition) is 2. The van der Waals surface area contributed by atoms with E-state index in [0.717, 1.165) is 46.3 Å². The van der Waals surface area contributed by atoms with Crippen LogP contribution in [0.4, 0.5) is 5.69 Å². The molecule has 0 aliphatic heterocycles. The Morgan fingerprint density at radius 2 is 1.86 bits per heavy atom. The van der Waals surface area contributed by atoms with Gasteiger partial charge in [-0.3, -0.25) is 4.79 Å². The third-order valence-electron chi connectivity index (χ3n) is 5.82. The Morgan fingerprint density at radius 1 is 1.11 bits per heavy atom. The molecule has 1 fully saturated rings. The van der Waals surface area contributed by atoms with E-state index in [0.29, 0.717) is 0 Å². The third kappa shape index (κ3) is 3.17. The van der Waals surface area contributed by atoms with Crippen LogP contribution in [-0.4, -0.2) is 18.0 Å². The van der Waals surface area contributed by atoms with Crippen molar-refractivity contribution in [3.8, 4) is 5.75 Å². The Hall–Kier alpha value is -2.75. The summed E-state index contributed by atoms with van der Waals surface area (Å²) in [5.41, 5.74) is 4.90. The van der Waals surface area contributed by atoms with Gasteiger partial charge >= 0.3 is 0 Å². The van der Waals surface area contributed by atoms with Gasteiger partial charge in [0.1, 0.15) is 5.75 Å². The monoisotopic (exact) mass is 376 g/mol. The third-order valence-corrected chi connectivity index (χ3v) is 5.82. The lowest BCUT2D eigenvalue weighted by Gasteiger charge is -2.17. The van der Waals surface area contributed by atoms with Crippen molar-refractivity contribution in [2.24, 2.45) is 0 Å². The highest BCUT2D eigenvalue weighted by atomic mass is 16.5. The van der Waals surface area contributed by atoms with Gasteiger partial charge in [-0.05, 0) is 61.2 Å². The molecule has 146 valence electrons. The van der Waals surface area contributed by atoms with Crippen LogP contribution in [-0.2, 0) is 15.6 Å². The Bertz CT molecular complexity index is 1050. The summed E-state index contributed by atoms with van der Waals surface area (Å²) in [7, 11) is 1.67. The molecule has 1 heterocycles. The van der Waals surface area contributed by atoms with Crippen LogP contribution in [0.1, 0.15) is 50.4 Å². The molecular formula is C24H28N2O2. The van der Waals surface area contributed by atoms with Crippen molar-refractivity contribution in [2.75, 3.05) is 12.4 Å². The first-order chi connectivity index (χ1) is 13.2. The summed E-state index contributed by atoms with van der Waals surface area (Å²) in [6, 6.07) is 14.3. The minimum Gasteiger partial charge on any atom is -0.496 e. The minimum absolute atomic E-state index is 0.0622. The van der Waals surface area contributed by atoms with E-state index in [-0.39, 0.29) is 11.3 Å². The standard InChI is InChI=1S/C24H28N2O2/c1-15-12-17(6-9-20(15)28-5)24(10-11-24)22(27)25-18-7-8-19-16(13-18)14-21(26-19)23(2,3)4/h6-9,12-14,26H,10-11H2,1-5H3,(H,25,27). The molecule has 1 aliphatic carbocycles. The predicted molar refractivity (Wildman–Crippen MR) is 114 cm³/mol. The molecule has 2 aromatic carbocycles. The molecule has 1 amide bonds. The van der Waals surface area contributed by atoms with Crippen LogP contribution < -0.4 is 10.1 Å². The molecule has 1 saturated carbocycles. The first kappa shape index (κ1) is 18.6. The van der Waals surface area contributed by atoms with Crippen LogP contribution >= 0.6 is 0 Å². The molecular weight excluding hydrogens is 348 g/mol. The molecule has 0 radical (unpaired) electrons. The van der Waals surface area contributed by atoms with E-state index in [1.165, 1.54) is 5.69 Å². The predicted octanol–water partition coefficient (Wildman–Crippen LogP) is 5.45. The van der Waals surface area contributed by atoms with Crippen molar-refractivity contribution in [2.45, 2.75) is 51.4 Å². The molecule has 1 aliphatic rings. The van der Waals surface area contributed by atoms with Crippen molar-refractivity contribution >= 4 is 22.5 Å². The highest BCUT2D eigenvalue weighted by Crippen LogP contribution is 2.49. The summed E-state index contributed by atoms with van der Waals surface area (Å²) >= 11 is 0. The van der Waals surface area contributed by atoms with E-state index in [1.807, 2.05) is 37.3 Å². The van der Waals surface area contributed by atoms with Gasteiger partial charge in [0.05, 0.1) is 12.5 Å². The van der Waals surface area contributed by atoms with Crippen LogP contribution in [0.3, 0.4) is 0 Å². The summed E-state index contributed by atoms with van der Waals surface area (Å²) in [5, 5.41) is 4.27. The van der Waals surface area contributed by atoms with Crippen molar-refractivity contribution < 1.29 is 9.53 Å². The molecule has 0 bridgehead atoms. The molecule has 28 heavy (non-hydrogen) atoms. The second-order valence-electron chi connectivity index (χ2n) is 8.96. The Labute approximate surface area is 166 Å². The summed E-state index contributed by atoms with van der Waals surface area (Å²) < 4.78 is 5.35. The molecule has 3 aromatic rings. The van der Waals surface area contributed by atoms with E-state index >= 15 is 0 Å². The largest absolute Gasteiger partial charge is 0.496 e. The number of ether oxygens (including phenoxy) is 1. The summed E-state index contributed by atoms with van der Waals surface area (Å²) in [6.07, 6.45) is 1.76. The number of nitrogens with one attached hydrogen (secondary N) is 2. The number of aryl methyl sites for hydroxylation is 1. The first-order valence-electron chi connectivity index (χ1n) is 9.83. The fourth-order valence-electron chi connectivity index (χ4n) is 3.81. The molecule has 0 spiro atoms. The van der Waals surface area contributed by atoms with Crippen molar-refractivity contribution in [3.63, 3.8) is 0 Å². The summed E-state index contributed by atoms with van der Waals surface area (Å²) in [4.78, 5) is 16.6. The zero-order valence-electron chi connectivity index (χ0n) is 17.3. The maximum absolute atomic E-state index is 13.1. The number of amides is 1. The number of methoxy groups -OCH3 is 1. The van der Waals surface area contributed by atoms with Gasteiger partial charge in [0.25, 0.3) is 0 Å². The Balaban J connectivity index is 1.58. The molecule has 0 saturated heterocycles. The lowest BCUT2D eigenvalue weighted by atomic mass is 9.92. The van der Waals surface area contributed by atoms with Crippen molar-refractivity contribution in [1.82, 2.24) is 4.98 Å². The maximum Gasteiger partial charge on any atom is 0.235 e. The molecule has 2 N–H and O–H groups in total. The number of hydrogen-bond donors (Lipinski definition) is 2. The first-order valence-corrected chi connectivity index (χ1v) is 9.83. The van der Waals surface area contributed by atoms with E-state index in [2.05, 4.69) is 43.2 Å². The van der Waals surface area contributed by atoms with Crippen LogP contribution in [0, 0.1) is 6.92 Å². The number of carbonyl (C=O) groups is 1. The van der Waals surface area contributed by atoms with Gasteiger partial charge in [0, 0.05) is 27.7 Å². The van der Waals surface area contributed by atoms with Gasteiger partial charge < -0.3 is 15.0 Å². The smallest absolute Gasteiger partial charge is 0.235 e. The van der Waals surface area contributed by atoms with Gasteiger partial charge in [0.15, 0.2) is 0 Å². The van der Waals surface area contributed by atoms with E-state index in [4.69, 9.17) is 4.74 Å². The number of fused-ring (bicyclic) bond motifs is 1. The number of anilines is 1. The Morgan fingerprint density at radius 3 is 2.46 bits per heavy atom. The van der Waals surface area contributed by atoms with Crippen molar-refractivity contribution in [3.05, 3.63) is 59.3 Å². The Kier molecular flexibility index (Phi) is 4.25. The topological polar surface area (TPSA) is 54.1 Å². The second kappa shape index (κ2) is 6.40. The molecule has 4 rings (SSSR count). The van der Waals surface area contributed by atoms with Gasteiger partial charge in [-0.1, -0.05) is 32.9 Å². The van der Waals surface area contributed by atoms with Gasteiger partial charge in [-0.15, -0.1) is 0 Å². The number of carbonyl (C=O) groups excluding carboxylic acids is 1. The second-order valence-corrected chi connectivity index (χ2v) is 8.96. The average molecular weight is 377 g/mol. The lowest BCUT2D eigenvalue weighted by Crippen LogP contribution is -2.27. The van der Waals surface area contributed by atoms with Gasteiger partial charge in [-0.2, -0.15) is 0 Å². The highest BCUT2D eigenvalue weighted by molar-refractivity contribution is 6.02. The molecule has 0 atom stereocenters.